The van der Waals surface area contributed by atoms with Gasteiger partial charge in [0.05, 0.1) is 10.9 Å². The van der Waals surface area contributed by atoms with Gasteiger partial charge >= 0.3 is 0 Å². The molecule has 0 bridgehead atoms. The van der Waals surface area contributed by atoms with E-state index in [1.54, 1.807) is 25.2 Å². The van der Waals surface area contributed by atoms with Crippen molar-refractivity contribution in [2.24, 2.45) is 7.05 Å². The second kappa shape index (κ2) is 2.83. The number of rotatable bonds is 1. The van der Waals surface area contributed by atoms with E-state index in [0.717, 1.165) is 0 Å². The maximum atomic E-state index is 11.5. The largest absolute Gasteiger partial charge is 0.295 e. The first-order valence-corrected chi connectivity index (χ1v) is 4.29. The minimum absolute atomic E-state index is 0. The minimum Gasteiger partial charge on any atom is -0.295 e. The fourth-order valence-electron chi connectivity index (χ4n) is 1.45. The third kappa shape index (κ3) is 1.16. The summed E-state index contributed by atoms with van der Waals surface area (Å²) in [5, 5.41) is 3.48. The molecule has 0 saturated heterocycles. The highest BCUT2D eigenvalue weighted by Gasteiger charge is 2.06. The Bertz CT molecular complexity index is 568. The van der Waals surface area contributed by atoms with E-state index in [0.29, 0.717) is 16.5 Å². The number of aromatic nitrogens is 2. The van der Waals surface area contributed by atoms with Gasteiger partial charge in [0, 0.05) is 14.0 Å². The molecule has 14 heavy (non-hydrogen) atoms. The van der Waals surface area contributed by atoms with Crippen LogP contribution in [-0.2, 0) is 7.05 Å². The van der Waals surface area contributed by atoms with E-state index in [4.69, 9.17) is 0 Å². The van der Waals surface area contributed by atoms with E-state index in [1.165, 1.54) is 11.6 Å². The molecule has 0 fully saturated rings. The van der Waals surface area contributed by atoms with Gasteiger partial charge in [-0.1, -0.05) is 6.07 Å². The Kier molecular flexibility index (Phi) is 1.77. The van der Waals surface area contributed by atoms with Crippen molar-refractivity contribution in [3.05, 3.63) is 34.1 Å². The van der Waals surface area contributed by atoms with Crippen LogP contribution in [-0.4, -0.2) is 15.6 Å². The second-order valence-corrected chi connectivity index (χ2v) is 3.29. The van der Waals surface area contributed by atoms with Crippen LogP contribution in [0.25, 0.3) is 10.9 Å². The third-order valence-electron chi connectivity index (χ3n) is 2.25. The molecule has 0 atom stereocenters. The van der Waals surface area contributed by atoms with E-state index >= 15 is 0 Å². The Balaban J connectivity index is 0.00000112. The predicted octanol–water partition coefficient (Wildman–Crippen LogP) is 1.32. The Morgan fingerprint density at radius 1 is 1.50 bits per heavy atom. The van der Waals surface area contributed by atoms with Crippen molar-refractivity contribution in [2.75, 3.05) is 0 Å². The first kappa shape index (κ1) is 8.74. The lowest BCUT2D eigenvalue weighted by Crippen LogP contribution is -2.10. The molecule has 0 unspecified atom stereocenters. The average molecular weight is 192 g/mol. The van der Waals surface area contributed by atoms with Crippen LogP contribution in [0.1, 0.15) is 18.7 Å². The summed E-state index contributed by atoms with van der Waals surface area (Å²) in [7, 11) is 1.65. The van der Waals surface area contributed by atoms with Crippen LogP contribution in [0.2, 0.25) is 0 Å². The van der Waals surface area contributed by atoms with Crippen molar-refractivity contribution < 1.29 is 6.22 Å². The van der Waals surface area contributed by atoms with Crippen molar-refractivity contribution in [3.8, 4) is 0 Å². The zero-order chi connectivity index (χ0) is 10.3. The molecule has 74 valence electrons. The van der Waals surface area contributed by atoms with Gasteiger partial charge in [0.25, 0.3) is 5.56 Å². The number of ketones is 1. The molecule has 1 aromatic carbocycles. The van der Waals surface area contributed by atoms with Crippen molar-refractivity contribution in [1.82, 2.24) is 9.78 Å². The van der Waals surface area contributed by atoms with Crippen LogP contribution in [0, 0.1) is 0 Å². The number of benzene rings is 1. The number of aromatic amines is 1. The number of hydrogen-bond donors (Lipinski definition) is 1. The highest BCUT2D eigenvalue weighted by Crippen LogP contribution is 2.10. The van der Waals surface area contributed by atoms with E-state index < -0.39 is 0 Å². The molecule has 4 nitrogen and oxygen atoms in total. The highest BCUT2D eigenvalue weighted by molar-refractivity contribution is 5.97. The molecule has 1 N–H and O–H groups in total. The summed E-state index contributed by atoms with van der Waals surface area (Å²) in [5.41, 5.74) is 1.24. The van der Waals surface area contributed by atoms with Gasteiger partial charge in [0.1, 0.15) is 0 Å². The summed E-state index contributed by atoms with van der Waals surface area (Å²) >= 11 is 0. The Hall–Kier alpha value is -1.84. The molecule has 0 saturated carbocycles. The molecular weight excluding hydrogens is 180 g/mol. The maximum Gasteiger partial charge on any atom is 0.274 e. The fraction of sp³-hybridized carbons (Fsp3) is 0.200. The molecule has 1 heterocycles. The van der Waals surface area contributed by atoms with Crippen LogP contribution >= 0.6 is 0 Å². The molecular formula is C10H12N2O2. The van der Waals surface area contributed by atoms with Gasteiger partial charge in [-0.05, 0) is 19.1 Å². The molecule has 1 aromatic heterocycles. The molecule has 0 aliphatic rings. The number of aryl methyl sites for hydroxylation is 1. The van der Waals surface area contributed by atoms with Crippen molar-refractivity contribution in [1.29, 1.82) is 0 Å². The summed E-state index contributed by atoms with van der Waals surface area (Å²) < 4.78 is 1.40. The van der Waals surface area contributed by atoms with Gasteiger partial charge in [-0.15, -0.1) is 0 Å². The molecule has 4 heteroatoms. The van der Waals surface area contributed by atoms with Crippen LogP contribution in [0.15, 0.2) is 23.0 Å². The smallest absolute Gasteiger partial charge is 0.274 e. The van der Waals surface area contributed by atoms with Crippen LogP contribution in [0.4, 0.5) is 0 Å². The Morgan fingerprint density at radius 2 is 2.21 bits per heavy atom. The van der Waals surface area contributed by atoms with Crippen LogP contribution < -0.4 is 5.56 Å². The zero-order valence-corrected chi connectivity index (χ0v) is 8.00. The topological polar surface area (TPSA) is 54.9 Å². The van der Waals surface area contributed by atoms with Crippen molar-refractivity contribution in [2.45, 2.75) is 6.92 Å². The zero-order valence-electron chi connectivity index (χ0n) is 8.00. The lowest BCUT2D eigenvalue weighted by molar-refractivity contribution is 0.101. The van der Waals surface area contributed by atoms with E-state index in [-0.39, 0.29) is 12.8 Å². The van der Waals surface area contributed by atoms with Gasteiger partial charge in [0.15, 0.2) is 5.78 Å². The number of nitrogens with zero attached hydrogens (tertiary/aromatic N) is 1. The fourth-order valence-corrected chi connectivity index (χ4v) is 1.45. The number of nitrogens with one attached hydrogen (secondary N) is 1. The number of fused-ring (bicyclic) bond motifs is 1. The summed E-state index contributed by atoms with van der Waals surface area (Å²) in [6, 6.07) is 5.03. The number of hydrogen-bond acceptors (Lipinski definition) is 2. The minimum atomic E-state index is -0.0740. The Morgan fingerprint density at radius 3 is 2.86 bits per heavy atom. The van der Waals surface area contributed by atoms with Gasteiger partial charge in [-0.25, -0.2) is 0 Å². The molecule has 2 rings (SSSR count). The van der Waals surface area contributed by atoms with Crippen LogP contribution in [0.3, 0.4) is 0 Å². The number of Topliss-reactive ketones (excluding diaryl/α,β-unsaturated/α-hetero) is 1. The normalized spacial score (nSPS) is 10.7. The molecule has 0 aliphatic heterocycles. The molecule has 0 spiro atoms. The lowest BCUT2D eigenvalue weighted by atomic mass is 10.1. The van der Waals surface area contributed by atoms with Gasteiger partial charge in [-0.3, -0.25) is 19.4 Å². The monoisotopic (exact) mass is 192 g/mol. The Labute approximate surface area is 81.6 Å². The maximum absolute atomic E-state index is 11.5. The lowest BCUT2D eigenvalue weighted by Gasteiger charge is -1.93. The summed E-state index contributed by atoms with van der Waals surface area (Å²) in [6.45, 7) is 1.50. The van der Waals surface area contributed by atoms with E-state index in [2.05, 4.69) is 5.10 Å². The summed E-state index contributed by atoms with van der Waals surface area (Å²) in [4.78, 5) is 22.5. The highest BCUT2D eigenvalue weighted by atomic mass is 16.1. The first-order chi connectivity index (χ1) is 6.59. The second-order valence-electron chi connectivity index (χ2n) is 3.29. The standard InChI is InChI=1S/C10H10N2O2.H2/c1-6(13)7-3-4-8-9(5-7)11-12(2)10(8)14;/h3-5,11H,1-2H3;1H. The first-order valence-electron chi connectivity index (χ1n) is 4.29. The quantitative estimate of drug-likeness (QED) is 0.693. The van der Waals surface area contributed by atoms with Crippen molar-refractivity contribution in [3.63, 3.8) is 0 Å². The number of carbonyl (C=O) groups is 1. The molecule has 0 radical (unpaired) electrons. The van der Waals surface area contributed by atoms with Crippen molar-refractivity contribution >= 4 is 16.7 Å². The van der Waals surface area contributed by atoms with E-state index in [9.17, 15) is 9.59 Å². The number of carbonyl (C=O) groups excluding carboxylic acids is 1. The predicted molar refractivity (Wildman–Crippen MR) is 55.7 cm³/mol. The molecule has 2 aromatic rings. The number of H-pyrrole nitrogens is 1. The SMILES string of the molecule is CC(=O)c1ccc2c(=O)n(C)[nH]c2c1.[HH]. The van der Waals surface area contributed by atoms with E-state index in [1.807, 2.05) is 0 Å². The van der Waals surface area contributed by atoms with Gasteiger partial charge < -0.3 is 0 Å². The molecule has 0 amide bonds. The average Bonchev–Trinajstić information content (AvgIpc) is 2.42. The van der Waals surface area contributed by atoms with Crippen LogP contribution in [0.5, 0.6) is 0 Å². The van der Waals surface area contributed by atoms with Gasteiger partial charge in [0.2, 0.25) is 0 Å². The summed E-state index contributed by atoms with van der Waals surface area (Å²) in [5.74, 6) is -0.00315. The molecule has 0 aliphatic carbocycles. The van der Waals surface area contributed by atoms with Gasteiger partial charge in [-0.2, -0.15) is 0 Å². The summed E-state index contributed by atoms with van der Waals surface area (Å²) in [6.07, 6.45) is 0. The third-order valence-corrected chi connectivity index (χ3v) is 2.25.